The Balaban J connectivity index is 1.95. The number of nitrogens with zero attached hydrogens (tertiary/aromatic N) is 2. The van der Waals surface area contributed by atoms with E-state index < -0.39 is 0 Å². The molecular weight excluding hydrogens is 377 g/mol. The topological polar surface area (TPSA) is 66.6 Å². The van der Waals surface area contributed by atoms with Crippen LogP contribution in [-0.2, 0) is 4.79 Å². The second kappa shape index (κ2) is 6.67. The zero-order valence-corrected chi connectivity index (χ0v) is 13.4. The van der Waals surface area contributed by atoms with Gasteiger partial charge in [0, 0.05) is 31.6 Å². The predicted molar refractivity (Wildman–Crippen MR) is 83.2 cm³/mol. The lowest BCUT2D eigenvalue weighted by atomic mass is 10.3. The van der Waals surface area contributed by atoms with Crippen LogP contribution in [0.1, 0.15) is 16.8 Å². The fraction of sp³-hybridized carbons (Fsp3) is 0.500. The first kappa shape index (κ1) is 14.7. The van der Waals surface area contributed by atoms with Gasteiger partial charge in [-0.25, -0.2) is 0 Å². The number of rotatable bonds is 3. The maximum atomic E-state index is 12.3. The van der Waals surface area contributed by atoms with E-state index in [0.717, 1.165) is 28.0 Å². The average Bonchev–Trinajstić information content (AvgIpc) is 2.65. The number of hydrogen-bond donors (Lipinski definition) is 1. The standard InChI is InChI=1S/C12H16IN3O2S/c13-10-6-9(8-19-10)12(18)16-3-1-2-15(4-5-16)7-11(14)17/h6,8H,1-5,7H2,(H2,14,17). The van der Waals surface area contributed by atoms with E-state index in [2.05, 4.69) is 22.6 Å². The summed E-state index contributed by atoms with van der Waals surface area (Å²) in [6, 6.07) is 1.92. The molecule has 1 aromatic rings. The lowest BCUT2D eigenvalue weighted by Gasteiger charge is -2.20. The maximum Gasteiger partial charge on any atom is 0.254 e. The highest BCUT2D eigenvalue weighted by Crippen LogP contribution is 2.18. The summed E-state index contributed by atoms with van der Waals surface area (Å²) in [6.07, 6.45) is 0.875. The molecule has 0 bridgehead atoms. The summed E-state index contributed by atoms with van der Waals surface area (Å²) in [5, 5.41) is 1.90. The minimum Gasteiger partial charge on any atom is -0.369 e. The van der Waals surface area contributed by atoms with Gasteiger partial charge in [-0.1, -0.05) is 0 Å². The first-order chi connectivity index (χ1) is 9.06. The molecule has 5 nitrogen and oxygen atoms in total. The third-order valence-electron chi connectivity index (χ3n) is 3.07. The van der Waals surface area contributed by atoms with Crippen molar-refractivity contribution in [3.05, 3.63) is 19.9 Å². The molecule has 0 aromatic carbocycles. The maximum absolute atomic E-state index is 12.3. The quantitative estimate of drug-likeness (QED) is 0.779. The first-order valence-corrected chi connectivity index (χ1v) is 8.06. The summed E-state index contributed by atoms with van der Waals surface area (Å²) in [6.45, 7) is 3.18. The molecule has 2 N–H and O–H groups in total. The number of hydrogen-bond acceptors (Lipinski definition) is 4. The van der Waals surface area contributed by atoms with Crippen LogP contribution in [0.3, 0.4) is 0 Å². The molecule has 1 fully saturated rings. The van der Waals surface area contributed by atoms with Crippen LogP contribution < -0.4 is 5.73 Å². The van der Waals surface area contributed by atoms with Gasteiger partial charge in [0.05, 0.1) is 15.0 Å². The Bertz CT molecular complexity index is 477. The van der Waals surface area contributed by atoms with E-state index in [1.165, 1.54) is 0 Å². The Hall–Kier alpha value is -0.670. The summed E-state index contributed by atoms with van der Waals surface area (Å²) in [5.41, 5.74) is 5.96. The van der Waals surface area contributed by atoms with E-state index in [9.17, 15) is 9.59 Å². The van der Waals surface area contributed by atoms with Gasteiger partial charge in [0.15, 0.2) is 0 Å². The van der Waals surface area contributed by atoms with E-state index >= 15 is 0 Å². The monoisotopic (exact) mass is 393 g/mol. The average molecular weight is 393 g/mol. The van der Waals surface area contributed by atoms with Crippen molar-refractivity contribution < 1.29 is 9.59 Å². The fourth-order valence-corrected chi connectivity index (χ4v) is 3.48. The number of thiophene rings is 1. The molecule has 0 aliphatic carbocycles. The Morgan fingerprint density at radius 3 is 2.74 bits per heavy atom. The first-order valence-electron chi connectivity index (χ1n) is 6.10. The number of carbonyl (C=O) groups is 2. The van der Waals surface area contributed by atoms with Crippen LogP contribution in [0.15, 0.2) is 11.4 Å². The molecule has 0 unspecified atom stereocenters. The van der Waals surface area contributed by atoms with Crippen molar-refractivity contribution in [3.63, 3.8) is 0 Å². The molecule has 1 aliphatic heterocycles. The Morgan fingerprint density at radius 1 is 1.32 bits per heavy atom. The van der Waals surface area contributed by atoms with Crippen LogP contribution in [0.25, 0.3) is 0 Å². The normalized spacial score (nSPS) is 17.2. The van der Waals surface area contributed by atoms with E-state index in [1.807, 2.05) is 21.2 Å². The second-order valence-electron chi connectivity index (χ2n) is 4.53. The van der Waals surface area contributed by atoms with Gasteiger partial charge in [-0.15, -0.1) is 11.3 Å². The van der Waals surface area contributed by atoms with Gasteiger partial charge in [-0.3, -0.25) is 14.5 Å². The molecule has 1 saturated heterocycles. The molecule has 1 aromatic heterocycles. The van der Waals surface area contributed by atoms with Gasteiger partial charge in [0.1, 0.15) is 0 Å². The van der Waals surface area contributed by atoms with E-state index in [-0.39, 0.29) is 18.4 Å². The van der Waals surface area contributed by atoms with Crippen molar-refractivity contribution >= 4 is 45.7 Å². The molecular formula is C12H16IN3O2S. The van der Waals surface area contributed by atoms with Gasteiger partial charge < -0.3 is 10.6 Å². The second-order valence-corrected chi connectivity index (χ2v) is 7.33. The Labute approximate surface area is 129 Å². The fourth-order valence-electron chi connectivity index (χ4n) is 2.16. The summed E-state index contributed by atoms with van der Waals surface area (Å²) in [7, 11) is 0. The van der Waals surface area contributed by atoms with E-state index in [4.69, 9.17) is 5.73 Å². The summed E-state index contributed by atoms with van der Waals surface area (Å²) in [4.78, 5) is 27.1. The number of carbonyl (C=O) groups excluding carboxylic acids is 2. The van der Waals surface area contributed by atoms with Crippen LogP contribution in [-0.4, -0.2) is 54.3 Å². The number of amides is 2. The molecule has 7 heteroatoms. The Morgan fingerprint density at radius 2 is 2.11 bits per heavy atom. The summed E-state index contributed by atoms with van der Waals surface area (Å²) >= 11 is 3.80. The highest BCUT2D eigenvalue weighted by atomic mass is 127. The molecule has 0 saturated carbocycles. The van der Waals surface area contributed by atoms with Gasteiger partial charge in [0.25, 0.3) is 5.91 Å². The molecule has 2 rings (SSSR count). The van der Waals surface area contributed by atoms with E-state index in [0.29, 0.717) is 13.1 Å². The third-order valence-corrected chi connectivity index (χ3v) is 4.86. The molecule has 2 amide bonds. The van der Waals surface area contributed by atoms with Crippen molar-refractivity contribution in [1.29, 1.82) is 0 Å². The smallest absolute Gasteiger partial charge is 0.254 e. The molecule has 104 valence electrons. The minimum atomic E-state index is -0.313. The van der Waals surface area contributed by atoms with Crippen molar-refractivity contribution in [2.45, 2.75) is 6.42 Å². The molecule has 2 heterocycles. The largest absolute Gasteiger partial charge is 0.369 e. The Kier molecular flexibility index (Phi) is 5.17. The van der Waals surface area contributed by atoms with Crippen LogP contribution in [0.4, 0.5) is 0 Å². The van der Waals surface area contributed by atoms with Crippen molar-refractivity contribution in [2.75, 3.05) is 32.7 Å². The number of nitrogens with two attached hydrogens (primary N) is 1. The highest BCUT2D eigenvalue weighted by Gasteiger charge is 2.21. The molecule has 0 spiro atoms. The predicted octanol–water partition coefficient (Wildman–Crippen LogP) is 0.986. The number of primary amides is 1. The van der Waals surface area contributed by atoms with Gasteiger partial charge in [-0.2, -0.15) is 0 Å². The van der Waals surface area contributed by atoms with Crippen LogP contribution in [0.5, 0.6) is 0 Å². The van der Waals surface area contributed by atoms with Gasteiger partial charge >= 0.3 is 0 Å². The highest BCUT2D eigenvalue weighted by molar-refractivity contribution is 14.1. The van der Waals surface area contributed by atoms with Crippen molar-refractivity contribution in [3.8, 4) is 0 Å². The lowest BCUT2D eigenvalue weighted by molar-refractivity contribution is -0.119. The SMILES string of the molecule is NC(=O)CN1CCCN(C(=O)c2csc(I)c2)CC1. The third kappa shape index (κ3) is 4.15. The van der Waals surface area contributed by atoms with Crippen LogP contribution in [0, 0.1) is 2.88 Å². The molecule has 1 aliphatic rings. The van der Waals surface area contributed by atoms with Crippen molar-refractivity contribution in [2.24, 2.45) is 5.73 Å². The minimum absolute atomic E-state index is 0.0834. The zero-order chi connectivity index (χ0) is 13.8. The summed E-state index contributed by atoms with van der Waals surface area (Å²) in [5.74, 6) is -0.229. The molecule has 0 radical (unpaired) electrons. The van der Waals surface area contributed by atoms with Crippen LogP contribution in [0.2, 0.25) is 0 Å². The van der Waals surface area contributed by atoms with Gasteiger partial charge in [-0.05, 0) is 35.1 Å². The zero-order valence-electron chi connectivity index (χ0n) is 10.5. The number of halogens is 1. The van der Waals surface area contributed by atoms with Gasteiger partial charge in [0.2, 0.25) is 5.91 Å². The lowest BCUT2D eigenvalue weighted by Crippen LogP contribution is -2.38. The summed E-state index contributed by atoms with van der Waals surface area (Å²) < 4.78 is 1.12. The molecule has 19 heavy (non-hydrogen) atoms. The van der Waals surface area contributed by atoms with Crippen LogP contribution >= 0.6 is 33.9 Å². The molecule has 0 atom stereocenters. The van der Waals surface area contributed by atoms with Crippen molar-refractivity contribution in [1.82, 2.24) is 9.80 Å². The van der Waals surface area contributed by atoms with E-state index in [1.54, 1.807) is 11.3 Å².